The fraction of sp³-hybridized carbons (Fsp3) is 0.200. The second-order valence-corrected chi connectivity index (χ2v) is 2.91. The average molecular weight is 178 g/mol. The molecule has 0 unspecified atom stereocenters. The van der Waals surface area contributed by atoms with Crippen molar-refractivity contribution in [3.63, 3.8) is 0 Å². The molecule has 0 aliphatic rings. The summed E-state index contributed by atoms with van der Waals surface area (Å²) in [6.45, 7) is 1.84. The van der Waals surface area contributed by atoms with Gasteiger partial charge in [0, 0.05) is 5.56 Å². The Morgan fingerprint density at radius 2 is 2.15 bits per heavy atom. The van der Waals surface area contributed by atoms with E-state index in [4.69, 9.17) is 8.83 Å². The molecule has 0 saturated heterocycles. The van der Waals surface area contributed by atoms with Crippen molar-refractivity contribution in [3.05, 3.63) is 47.8 Å². The molecule has 68 valence electrons. The molecule has 0 aliphatic carbocycles. The van der Waals surface area contributed by atoms with Gasteiger partial charge >= 0.3 is 0 Å². The summed E-state index contributed by atoms with van der Waals surface area (Å²) in [6.07, 6.45) is 2.30. The molecule has 0 bridgehead atoms. The molecule has 0 amide bonds. The maximum Gasteiger partial charge on any atom is 0.140 e. The van der Waals surface area contributed by atoms with Crippen LogP contribution in [-0.2, 0) is 0 Å². The van der Waals surface area contributed by atoms with Gasteiger partial charge in [-0.1, -0.05) is 0 Å². The zero-order valence-corrected chi connectivity index (χ0v) is 7.23. The predicted molar refractivity (Wildman–Crippen MR) is 46.2 cm³/mol. The van der Waals surface area contributed by atoms with Gasteiger partial charge in [-0.2, -0.15) is 0 Å². The summed E-state index contributed by atoms with van der Waals surface area (Å²) < 4.78 is 10.1. The summed E-state index contributed by atoms with van der Waals surface area (Å²) >= 11 is 0. The minimum Gasteiger partial charge on any atom is -0.472 e. The van der Waals surface area contributed by atoms with E-state index in [-0.39, 0.29) is 0 Å². The first kappa shape index (κ1) is 8.13. The van der Waals surface area contributed by atoms with Gasteiger partial charge in [0.25, 0.3) is 0 Å². The van der Waals surface area contributed by atoms with Crippen molar-refractivity contribution in [2.24, 2.45) is 0 Å². The van der Waals surface area contributed by atoms with E-state index in [0.717, 1.165) is 5.76 Å². The lowest BCUT2D eigenvalue weighted by Crippen LogP contribution is -1.95. The molecule has 2 rings (SSSR count). The molecule has 0 fully saturated rings. The first-order chi connectivity index (χ1) is 6.27. The molecule has 2 heterocycles. The van der Waals surface area contributed by atoms with Crippen molar-refractivity contribution in [2.75, 3.05) is 0 Å². The molecular formula is C10H10O3. The van der Waals surface area contributed by atoms with Crippen molar-refractivity contribution in [1.82, 2.24) is 0 Å². The van der Waals surface area contributed by atoms with Crippen LogP contribution in [0, 0.1) is 6.92 Å². The first-order valence-electron chi connectivity index (χ1n) is 4.04. The normalized spacial score (nSPS) is 13.1. The number of furan rings is 2. The number of hydrogen-bond donors (Lipinski definition) is 1. The van der Waals surface area contributed by atoms with Crippen LogP contribution < -0.4 is 0 Å². The second-order valence-electron chi connectivity index (χ2n) is 2.91. The third kappa shape index (κ3) is 1.51. The van der Waals surface area contributed by atoms with Crippen LogP contribution >= 0.6 is 0 Å². The van der Waals surface area contributed by atoms with E-state index >= 15 is 0 Å². The van der Waals surface area contributed by atoms with Gasteiger partial charge in [-0.25, -0.2) is 0 Å². The monoisotopic (exact) mass is 178 g/mol. The van der Waals surface area contributed by atoms with Gasteiger partial charge < -0.3 is 13.9 Å². The molecule has 0 spiro atoms. The van der Waals surface area contributed by atoms with E-state index in [9.17, 15) is 5.11 Å². The Bertz CT molecular complexity index is 373. The van der Waals surface area contributed by atoms with Crippen LogP contribution in [0.5, 0.6) is 0 Å². The van der Waals surface area contributed by atoms with Gasteiger partial charge in [0.2, 0.25) is 0 Å². The third-order valence-corrected chi connectivity index (χ3v) is 1.89. The van der Waals surface area contributed by atoms with Crippen molar-refractivity contribution < 1.29 is 13.9 Å². The van der Waals surface area contributed by atoms with E-state index < -0.39 is 6.10 Å². The molecule has 2 aromatic heterocycles. The summed E-state index contributed by atoms with van der Waals surface area (Å²) in [7, 11) is 0. The lowest BCUT2D eigenvalue weighted by Gasteiger charge is -2.03. The van der Waals surface area contributed by atoms with Crippen LogP contribution in [0.15, 0.2) is 39.6 Å². The van der Waals surface area contributed by atoms with Crippen LogP contribution in [0.25, 0.3) is 0 Å². The van der Waals surface area contributed by atoms with E-state index in [2.05, 4.69) is 0 Å². The Morgan fingerprint density at radius 1 is 1.31 bits per heavy atom. The molecule has 0 aliphatic heterocycles. The summed E-state index contributed by atoms with van der Waals surface area (Å²) in [6, 6.07) is 5.29. The molecule has 3 nitrogen and oxygen atoms in total. The predicted octanol–water partition coefficient (Wildman–Crippen LogP) is 2.26. The van der Waals surface area contributed by atoms with E-state index in [1.54, 1.807) is 12.1 Å². The van der Waals surface area contributed by atoms with Gasteiger partial charge in [-0.3, -0.25) is 0 Å². The third-order valence-electron chi connectivity index (χ3n) is 1.89. The minimum absolute atomic E-state index is 0.541. The fourth-order valence-electron chi connectivity index (χ4n) is 1.20. The zero-order valence-electron chi connectivity index (χ0n) is 7.23. The van der Waals surface area contributed by atoms with Gasteiger partial charge in [0.15, 0.2) is 0 Å². The van der Waals surface area contributed by atoms with Crippen LogP contribution in [0.2, 0.25) is 0 Å². The van der Waals surface area contributed by atoms with Crippen LogP contribution in [0.1, 0.15) is 23.2 Å². The van der Waals surface area contributed by atoms with E-state index in [0.29, 0.717) is 11.3 Å². The Balaban J connectivity index is 2.28. The quantitative estimate of drug-likeness (QED) is 0.767. The van der Waals surface area contributed by atoms with Crippen LogP contribution in [0.3, 0.4) is 0 Å². The van der Waals surface area contributed by atoms with Crippen molar-refractivity contribution in [2.45, 2.75) is 13.0 Å². The highest BCUT2D eigenvalue weighted by Crippen LogP contribution is 2.23. The summed E-state index contributed by atoms with van der Waals surface area (Å²) in [5.74, 6) is 1.33. The molecule has 0 saturated carbocycles. The lowest BCUT2D eigenvalue weighted by molar-refractivity contribution is 0.187. The standard InChI is InChI=1S/C10H10O3/c1-7-2-3-9(13-7)10(11)8-4-5-12-6-8/h2-6,10-11H,1H3/t10-/m1/s1. The molecule has 1 N–H and O–H groups in total. The molecule has 0 aromatic carbocycles. The fourth-order valence-corrected chi connectivity index (χ4v) is 1.20. The van der Waals surface area contributed by atoms with Gasteiger partial charge in [0.05, 0.1) is 12.5 Å². The highest BCUT2D eigenvalue weighted by atomic mass is 16.4. The van der Waals surface area contributed by atoms with E-state index in [1.807, 2.05) is 13.0 Å². The Morgan fingerprint density at radius 3 is 2.69 bits per heavy atom. The van der Waals surface area contributed by atoms with Crippen molar-refractivity contribution >= 4 is 0 Å². The summed E-state index contributed by atoms with van der Waals surface area (Å²) in [4.78, 5) is 0. The van der Waals surface area contributed by atoms with Gasteiger partial charge in [-0.05, 0) is 25.1 Å². The Labute approximate surface area is 75.6 Å². The average Bonchev–Trinajstić information content (AvgIpc) is 2.72. The number of aryl methyl sites for hydroxylation is 1. The zero-order chi connectivity index (χ0) is 9.26. The SMILES string of the molecule is Cc1ccc([C@H](O)c2ccoc2)o1. The highest BCUT2D eigenvalue weighted by molar-refractivity contribution is 5.20. The number of rotatable bonds is 2. The maximum absolute atomic E-state index is 9.74. The maximum atomic E-state index is 9.74. The molecule has 13 heavy (non-hydrogen) atoms. The minimum atomic E-state index is -0.729. The number of aliphatic hydroxyl groups is 1. The van der Waals surface area contributed by atoms with Gasteiger partial charge in [-0.15, -0.1) is 0 Å². The van der Waals surface area contributed by atoms with E-state index in [1.165, 1.54) is 12.5 Å². The second kappa shape index (κ2) is 3.11. The number of aliphatic hydroxyl groups excluding tert-OH is 1. The highest BCUT2D eigenvalue weighted by Gasteiger charge is 2.14. The Hall–Kier alpha value is -1.48. The first-order valence-corrected chi connectivity index (χ1v) is 4.04. The topological polar surface area (TPSA) is 46.5 Å². The summed E-state index contributed by atoms with van der Waals surface area (Å²) in [5, 5.41) is 9.74. The molecule has 1 atom stereocenters. The number of hydrogen-bond acceptors (Lipinski definition) is 3. The molecule has 0 radical (unpaired) electrons. The summed E-state index contributed by atoms with van der Waals surface area (Å²) in [5.41, 5.74) is 0.703. The smallest absolute Gasteiger partial charge is 0.140 e. The molecule has 3 heteroatoms. The van der Waals surface area contributed by atoms with Crippen LogP contribution in [-0.4, -0.2) is 5.11 Å². The van der Waals surface area contributed by atoms with Crippen molar-refractivity contribution in [3.8, 4) is 0 Å². The molecule has 2 aromatic rings. The lowest BCUT2D eigenvalue weighted by atomic mass is 10.1. The largest absolute Gasteiger partial charge is 0.472 e. The van der Waals surface area contributed by atoms with Crippen LogP contribution in [0.4, 0.5) is 0 Å². The molecular weight excluding hydrogens is 168 g/mol. The van der Waals surface area contributed by atoms with Gasteiger partial charge in [0.1, 0.15) is 17.6 Å². The van der Waals surface area contributed by atoms with Crippen molar-refractivity contribution in [1.29, 1.82) is 0 Å². The Kier molecular flexibility index (Phi) is 1.94.